The predicted octanol–water partition coefficient (Wildman–Crippen LogP) is 4.69. The van der Waals surface area contributed by atoms with Gasteiger partial charge in [-0.05, 0) is 65.1 Å². The Labute approximate surface area is 167 Å². The number of carbonyl (C=O) groups excluding carboxylic acids is 1. The summed E-state index contributed by atoms with van der Waals surface area (Å²) in [5.41, 5.74) is 2.84. The molecule has 26 heavy (non-hydrogen) atoms. The van der Waals surface area contributed by atoms with Gasteiger partial charge in [-0.15, -0.1) is 17.9 Å². The number of hydrogen-bond acceptors (Lipinski definition) is 3. The Morgan fingerprint density at radius 1 is 1.23 bits per heavy atom. The minimum Gasteiger partial charge on any atom is -0.333 e. The van der Waals surface area contributed by atoms with Gasteiger partial charge in [0.15, 0.2) is 0 Å². The van der Waals surface area contributed by atoms with Gasteiger partial charge in [-0.3, -0.25) is 9.69 Å². The number of rotatable bonds is 3. The Balaban J connectivity index is 1.63. The van der Waals surface area contributed by atoms with E-state index in [9.17, 15) is 4.79 Å². The number of hydrogen-bond donors (Lipinski definition) is 0. The van der Waals surface area contributed by atoms with Crippen LogP contribution in [0.1, 0.15) is 33.6 Å². The molecule has 1 saturated heterocycles. The van der Waals surface area contributed by atoms with Crippen molar-refractivity contribution in [1.29, 1.82) is 0 Å². The Kier molecular flexibility index (Phi) is 5.04. The van der Waals surface area contributed by atoms with Crippen LogP contribution in [0, 0.1) is 0 Å². The topological polar surface area (TPSA) is 23.6 Å². The largest absolute Gasteiger partial charge is 0.333 e. The van der Waals surface area contributed by atoms with Crippen molar-refractivity contribution >= 4 is 33.2 Å². The van der Waals surface area contributed by atoms with E-state index in [1.807, 2.05) is 18.2 Å². The fourth-order valence-corrected chi connectivity index (χ4v) is 5.74. The lowest BCUT2D eigenvalue weighted by Gasteiger charge is -2.48. The lowest BCUT2D eigenvalue weighted by Crippen LogP contribution is -2.53. The van der Waals surface area contributed by atoms with Crippen LogP contribution < -0.4 is 0 Å². The fraction of sp³-hybridized carbons (Fsp3) is 0.381. The standard InChI is InChI=1S/C21H23BrN2OS/c1-2-11-23-12-9-21(10-13-23)15-24(14-16-5-3-4-6-17(16)21)20(25)18-7-8-19(22)26-18/h2-8H,1,9-15H2. The average molecular weight is 431 g/mol. The van der Waals surface area contributed by atoms with Crippen LogP contribution in [0.3, 0.4) is 0 Å². The van der Waals surface area contributed by atoms with Crippen molar-refractivity contribution in [3.63, 3.8) is 0 Å². The molecule has 1 aromatic carbocycles. The molecule has 0 atom stereocenters. The minimum atomic E-state index is 0.0800. The highest BCUT2D eigenvalue weighted by Gasteiger charge is 2.43. The molecule has 0 aliphatic carbocycles. The Hall–Kier alpha value is -1.43. The van der Waals surface area contributed by atoms with Gasteiger partial charge in [0.1, 0.15) is 0 Å². The van der Waals surface area contributed by atoms with E-state index in [0.29, 0.717) is 6.54 Å². The van der Waals surface area contributed by atoms with Crippen molar-refractivity contribution in [2.24, 2.45) is 0 Å². The van der Waals surface area contributed by atoms with Gasteiger partial charge in [-0.25, -0.2) is 0 Å². The van der Waals surface area contributed by atoms with Gasteiger partial charge in [-0.2, -0.15) is 0 Å². The van der Waals surface area contributed by atoms with Crippen molar-refractivity contribution in [2.45, 2.75) is 24.8 Å². The number of carbonyl (C=O) groups is 1. The third-order valence-electron chi connectivity index (χ3n) is 5.72. The second-order valence-corrected chi connectivity index (χ2v) is 9.75. The van der Waals surface area contributed by atoms with Crippen LogP contribution in [0.2, 0.25) is 0 Å². The summed E-state index contributed by atoms with van der Waals surface area (Å²) in [5.74, 6) is 0.156. The number of piperidine rings is 1. The first-order valence-corrected chi connectivity index (χ1v) is 10.7. The third-order valence-corrected chi connectivity index (χ3v) is 7.33. The molecule has 4 rings (SSSR count). The summed E-state index contributed by atoms with van der Waals surface area (Å²) >= 11 is 4.99. The monoisotopic (exact) mass is 430 g/mol. The Bertz CT molecular complexity index is 823. The molecule has 3 heterocycles. The first kappa shape index (κ1) is 18.0. The molecule has 1 aromatic heterocycles. The van der Waals surface area contributed by atoms with Crippen LogP contribution in [-0.4, -0.2) is 41.9 Å². The third kappa shape index (κ3) is 3.28. The first-order chi connectivity index (χ1) is 12.6. The van der Waals surface area contributed by atoms with E-state index in [2.05, 4.69) is 56.6 Å². The van der Waals surface area contributed by atoms with Gasteiger partial charge in [0.05, 0.1) is 8.66 Å². The number of halogens is 1. The summed E-state index contributed by atoms with van der Waals surface area (Å²) < 4.78 is 1.01. The molecule has 3 nitrogen and oxygen atoms in total. The van der Waals surface area contributed by atoms with Crippen molar-refractivity contribution in [3.05, 3.63) is 68.8 Å². The number of benzene rings is 1. The van der Waals surface area contributed by atoms with Gasteiger partial charge in [0.25, 0.3) is 5.91 Å². The van der Waals surface area contributed by atoms with Gasteiger partial charge in [0.2, 0.25) is 0 Å². The van der Waals surface area contributed by atoms with Crippen molar-refractivity contribution in [3.8, 4) is 0 Å². The van der Waals surface area contributed by atoms with Crippen molar-refractivity contribution in [2.75, 3.05) is 26.2 Å². The van der Waals surface area contributed by atoms with E-state index in [0.717, 1.165) is 47.7 Å². The molecule has 2 aliphatic heterocycles. The molecule has 0 unspecified atom stereocenters. The normalized spacial score (nSPS) is 19.3. The maximum absolute atomic E-state index is 13.1. The van der Waals surface area contributed by atoms with Crippen LogP contribution in [0.25, 0.3) is 0 Å². The molecular weight excluding hydrogens is 408 g/mol. The van der Waals surface area contributed by atoms with Crippen LogP contribution in [-0.2, 0) is 12.0 Å². The summed E-state index contributed by atoms with van der Waals surface area (Å²) in [4.78, 5) is 18.4. The Morgan fingerprint density at radius 2 is 2.00 bits per heavy atom. The maximum atomic E-state index is 13.1. The smallest absolute Gasteiger partial charge is 0.264 e. The van der Waals surface area contributed by atoms with E-state index in [-0.39, 0.29) is 11.3 Å². The van der Waals surface area contributed by atoms with Gasteiger partial charge in [-0.1, -0.05) is 30.3 Å². The van der Waals surface area contributed by atoms with Gasteiger partial charge >= 0.3 is 0 Å². The zero-order chi connectivity index (χ0) is 18.1. The van der Waals surface area contributed by atoms with Crippen molar-refractivity contribution < 1.29 is 4.79 Å². The van der Waals surface area contributed by atoms with Gasteiger partial charge < -0.3 is 4.90 Å². The molecule has 1 amide bonds. The molecule has 5 heteroatoms. The van der Waals surface area contributed by atoms with E-state index in [1.54, 1.807) is 0 Å². The lowest BCUT2D eigenvalue weighted by atomic mass is 9.69. The second-order valence-electron chi connectivity index (χ2n) is 7.29. The molecule has 1 fully saturated rings. The van der Waals surface area contributed by atoms with Crippen LogP contribution in [0.5, 0.6) is 0 Å². The summed E-state index contributed by atoms with van der Waals surface area (Å²) in [6.07, 6.45) is 4.17. The number of fused-ring (bicyclic) bond motifs is 2. The zero-order valence-corrected chi connectivity index (χ0v) is 17.2. The molecule has 1 spiro atoms. The summed E-state index contributed by atoms with van der Waals surface area (Å²) in [6.45, 7) is 8.47. The highest BCUT2D eigenvalue weighted by atomic mass is 79.9. The quantitative estimate of drug-likeness (QED) is 0.659. The number of likely N-dealkylation sites (tertiary alicyclic amines) is 1. The molecule has 2 aromatic rings. The van der Waals surface area contributed by atoms with E-state index < -0.39 is 0 Å². The van der Waals surface area contributed by atoms with Gasteiger partial charge in [0, 0.05) is 25.0 Å². The summed E-state index contributed by atoms with van der Waals surface area (Å²) in [5, 5.41) is 0. The molecule has 136 valence electrons. The first-order valence-electron chi connectivity index (χ1n) is 9.07. The summed E-state index contributed by atoms with van der Waals surface area (Å²) in [7, 11) is 0. The molecule has 0 saturated carbocycles. The van der Waals surface area contributed by atoms with Crippen LogP contribution >= 0.6 is 27.3 Å². The Morgan fingerprint density at radius 3 is 2.69 bits per heavy atom. The van der Waals surface area contributed by atoms with Crippen LogP contribution in [0.4, 0.5) is 0 Å². The highest BCUT2D eigenvalue weighted by Crippen LogP contribution is 2.42. The van der Waals surface area contributed by atoms with E-state index in [1.165, 1.54) is 22.5 Å². The number of amides is 1. The summed E-state index contributed by atoms with van der Waals surface area (Å²) in [6, 6.07) is 12.6. The lowest BCUT2D eigenvalue weighted by molar-refractivity contribution is 0.0593. The average Bonchev–Trinajstić information content (AvgIpc) is 3.10. The van der Waals surface area contributed by atoms with Crippen LogP contribution in [0.15, 0.2) is 52.8 Å². The SMILES string of the molecule is C=CCN1CCC2(CC1)CN(C(=O)c1ccc(Br)s1)Cc1ccccc12. The highest BCUT2D eigenvalue weighted by molar-refractivity contribution is 9.11. The van der Waals surface area contributed by atoms with E-state index >= 15 is 0 Å². The molecular formula is C21H23BrN2OS. The predicted molar refractivity (Wildman–Crippen MR) is 111 cm³/mol. The molecule has 0 radical (unpaired) electrons. The second kappa shape index (κ2) is 7.29. The molecule has 0 N–H and O–H groups in total. The number of thiophene rings is 1. The van der Waals surface area contributed by atoms with Crippen molar-refractivity contribution in [1.82, 2.24) is 9.80 Å². The fourth-order valence-electron chi connectivity index (χ4n) is 4.39. The van der Waals surface area contributed by atoms with E-state index in [4.69, 9.17) is 0 Å². The minimum absolute atomic E-state index is 0.0800. The zero-order valence-electron chi connectivity index (χ0n) is 14.8. The number of nitrogens with zero attached hydrogens (tertiary/aromatic N) is 2. The maximum Gasteiger partial charge on any atom is 0.264 e. The molecule has 2 aliphatic rings. The molecule has 0 bridgehead atoms.